The van der Waals surface area contributed by atoms with Crippen LogP contribution >= 0.6 is 11.3 Å². The number of fused-ring (bicyclic) bond motifs is 1. The molecule has 5 nitrogen and oxygen atoms in total. The first-order valence-corrected chi connectivity index (χ1v) is 7.67. The molecule has 1 aromatic heterocycles. The van der Waals surface area contributed by atoms with Crippen LogP contribution in [0.4, 0.5) is 9.18 Å². The number of likely N-dealkylation sites (tertiary alicyclic amines) is 1. The smallest absolute Gasteiger partial charge is 0.407 e. The molecule has 2 aromatic rings. The van der Waals surface area contributed by atoms with Crippen LogP contribution in [0.2, 0.25) is 0 Å². The van der Waals surface area contributed by atoms with Crippen molar-refractivity contribution in [3.63, 3.8) is 0 Å². The minimum atomic E-state index is -0.862. The fraction of sp³-hybridized carbons (Fsp3) is 0.429. The largest absolute Gasteiger partial charge is 0.465 e. The maximum atomic E-state index is 13.2. The van der Waals surface area contributed by atoms with Crippen molar-refractivity contribution in [1.29, 1.82) is 5.41 Å². The molecule has 7 heteroatoms. The number of carboxylic acid groups (broad SMARTS) is 1. The summed E-state index contributed by atoms with van der Waals surface area (Å²) < 4.78 is 15.9. The summed E-state index contributed by atoms with van der Waals surface area (Å²) >= 11 is 1.27. The number of piperidine rings is 1. The number of amides is 1. The van der Waals surface area contributed by atoms with E-state index in [1.165, 1.54) is 28.4 Å². The summed E-state index contributed by atoms with van der Waals surface area (Å²) in [6.45, 7) is 1.78. The molecular weight excluding hydrogens is 293 g/mol. The topological polar surface area (TPSA) is 69.3 Å². The monoisotopic (exact) mass is 309 g/mol. The zero-order valence-corrected chi connectivity index (χ0v) is 12.2. The maximum Gasteiger partial charge on any atom is 0.407 e. The maximum absolute atomic E-state index is 13.2. The van der Waals surface area contributed by atoms with Crippen LogP contribution in [0.3, 0.4) is 0 Å². The molecule has 112 valence electrons. The average Bonchev–Trinajstić information content (AvgIpc) is 2.75. The molecule has 3 rings (SSSR count). The van der Waals surface area contributed by atoms with Gasteiger partial charge in [0.2, 0.25) is 0 Å². The molecule has 2 N–H and O–H groups in total. The molecule has 2 heterocycles. The molecule has 1 fully saturated rings. The Morgan fingerprint density at radius 1 is 1.43 bits per heavy atom. The molecule has 0 radical (unpaired) electrons. The van der Waals surface area contributed by atoms with E-state index in [1.54, 1.807) is 6.07 Å². The van der Waals surface area contributed by atoms with Crippen LogP contribution in [0.1, 0.15) is 12.8 Å². The second kappa shape index (κ2) is 5.48. The van der Waals surface area contributed by atoms with E-state index < -0.39 is 6.09 Å². The predicted molar refractivity (Wildman–Crippen MR) is 77.9 cm³/mol. The van der Waals surface area contributed by atoms with Crippen LogP contribution in [-0.2, 0) is 6.54 Å². The van der Waals surface area contributed by atoms with E-state index in [1.807, 2.05) is 4.57 Å². The fourth-order valence-electron chi connectivity index (χ4n) is 2.81. The first kappa shape index (κ1) is 14.1. The lowest BCUT2D eigenvalue weighted by atomic mass is 9.97. The van der Waals surface area contributed by atoms with Gasteiger partial charge in [0.1, 0.15) is 5.82 Å². The highest BCUT2D eigenvalue weighted by Gasteiger charge is 2.23. The second-order valence-corrected chi connectivity index (χ2v) is 6.37. The van der Waals surface area contributed by atoms with Gasteiger partial charge < -0.3 is 14.6 Å². The second-order valence-electron chi connectivity index (χ2n) is 5.34. The van der Waals surface area contributed by atoms with Crippen LogP contribution in [0.15, 0.2) is 18.2 Å². The van der Waals surface area contributed by atoms with Crippen molar-refractivity contribution < 1.29 is 14.3 Å². The Kier molecular flexibility index (Phi) is 3.67. The molecule has 0 atom stereocenters. The lowest BCUT2D eigenvalue weighted by molar-refractivity contribution is 0.121. The van der Waals surface area contributed by atoms with E-state index in [0.717, 1.165) is 23.1 Å². The summed E-state index contributed by atoms with van der Waals surface area (Å²) in [6, 6.07) is 4.59. The lowest BCUT2D eigenvalue weighted by Gasteiger charge is -2.30. The van der Waals surface area contributed by atoms with Gasteiger partial charge in [-0.3, -0.25) is 5.41 Å². The SMILES string of the molecule is N=c1sc2cc(F)ccc2n1CC1CCN(C(=O)O)CC1. The highest BCUT2D eigenvalue weighted by atomic mass is 32.1. The zero-order chi connectivity index (χ0) is 15.0. The number of hydrogen-bond acceptors (Lipinski definition) is 3. The Morgan fingerprint density at radius 3 is 2.81 bits per heavy atom. The van der Waals surface area contributed by atoms with Crippen molar-refractivity contribution in [3.05, 3.63) is 28.8 Å². The van der Waals surface area contributed by atoms with Gasteiger partial charge in [0, 0.05) is 19.6 Å². The van der Waals surface area contributed by atoms with Crippen LogP contribution in [0, 0.1) is 17.1 Å². The molecule has 0 spiro atoms. The van der Waals surface area contributed by atoms with Gasteiger partial charge >= 0.3 is 6.09 Å². The third-order valence-corrected chi connectivity index (χ3v) is 4.95. The van der Waals surface area contributed by atoms with E-state index >= 15 is 0 Å². The quantitative estimate of drug-likeness (QED) is 0.895. The average molecular weight is 309 g/mol. The first-order chi connectivity index (χ1) is 10.0. The predicted octanol–water partition coefficient (Wildman–Crippen LogP) is 2.71. The Balaban J connectivity index is 1.78. The van der Waals surface area contributed by atoms with Gasteiger partial charge in [-0.05, 0) is 37.0 Å². The standard InChI is InChI=1S/C14H16FN3O2S/c15-10-1-2-11-12(7-10)21-13(16)18(11)8-9-3-5-17(6-4-9)14(19)20/h1-2,7,9,16H,3-6,8H2,(H,19,20). The van der Waals surface area contributed by atoms with Gasteiger partial charge in [-0.1, -0.05) is 11.3 Å². The molecule has 1 saturated heterocycles. The van der Waals surface area contributed by atoms with Crippen molar-refractivity contribution in [1.82, 2.24) is 9.47 Å². The summed E-state index contributed by atoms with van der Waals surface area (Å²) in [6.07, 6.45) is 0.743. The van der Waals surface area contributed by atoms with E-state index in [9.17, 15) is 9.18 Å². The van der Waals surface area contributed by atoms with Crippen LogP contribution in [0.25, 0.3) is 10.2 Å². The summed E-state index contributed by atoms with van der Waals surface area (Å²) in [5, 5.41) is 17.0. The molecule has 1 aliphatic rings. The van der Waals surface area contributed by atoms with E-state index in [4.69, 9.17) is 10.5 Å². The third kappa shape index (κ3) is 2.78. The van der Waals surface area contributed by atoms with Crippen molar-refractivity contribution in [3.8, 4) is 0 Å². The number of nitrogens with zero attached hydrogens (tertiary/aromatic N) is 2. The van der Waals surface area contributed by atoms with Crippen LogP contribution in [-0.4, -0.2) is 33.8 Å². The summed E-state index contributed by atoms with van der Waals surface area (Å²) in [5.41, 5.74) is 0.882. The zero-order valence-electron chi connectivity index (χ0n) is 11.4. The van der Waals surface area contributed by atoms with E-state index in [2.05, 4.69) is 0 Å². The molecule has 0 aliphatic carbocycles. The van der Waals surface area contributed by atoms with Crippen molar-refractivity contribution in [2.75, 3.05) is 13.1 Å². The van der Waals surface area contributed by atoms with Gasteiger partial charge in [0.25, 0.3) is 0 Å². The number of nitrogens with one attached hydrogen (secondary N) is 1. The summed E-state index contributed by atoms with van der Waals surface area (Å²) in [7, 11) is 0. The number of aromatic nitrogens is 1. The number of rotatable bonds is 2. The number of benzene rings is 1. The van der Waals surface area contributed by atoms with Crippen LogP contribution in [0.5, 0.6) is 0 Å². The Labute approximate surface area is 124 Å². The Bertz CT molecular complexity index is 731. The molecular formula is C14H16FN3O2S. The highest BCUT2D eigenvalue weighted by Crippen LogP contribution is 2.23. The van der Waals surface area contributed by atoms with Gasteiger partial charge in [0.05, 0.1) is 10.2 Å². The van der Waals surface area contributed by atoms with Crippen LogP contribution < -0.4 is 4.80 Å². The minimum Gasteiger partial charge on any atom is -0.465 e. The van der Waals surface area contributed by atoms with Gasteiger partial charge in [-0.25, -0.2) is 9.18 Å². The van der Waals surface area contributed by atoms with Gasteiger partial charge in [-0.15, -0.1) is 0 Å². The normalized spacial score (nSPS) is 16.5. The van der Waals surface area contributed by atoms with E-state index in [-0.39, 0.29) is 5.82 Å². The van der Waals surface area contributed by atoms with E-state index in [0.29, 0.717) is 30.4 Å². The Hall–Kier alpha value is -1.89. The number of hydrogen-bond donors (Lipinski definition) is 2. The van der Waals surface area contributed by atoms with Gasteiger partial charge in [0.15, 0.2) is 4.80 Å². The first-order valence-electron chi connectivity index (χ1n) is 6.86. The Morgan fingerprint density at radius 2 is 2.14 bits per heavy atom. The summed E-state index contributed by atoms with van der Waals surface area (Å²) in [5.74, 6) is 0.0724. The highest BCUT2D eigenvalue weighted by molar-refractivity contribution is 7.16. The number of carbonyl (C=O) groups is 1. The number of halogens is 1. The molecule has 1 aromatic carbocycles. The number of thiazole rings is 1. The lowest BCUT2D eigenvalue weighted by Crippen LogP contribution is -2.38. The van der Waals surface area contributed by atoms with Crippen molar-refractivity contribution >= 4 is 27.6 Å². The molecule has 1 amide bonds. The molecule has 0 unspecified atom stereocenters. The van der Waals surface area contributed by atoms with Crippen molar-refractivity contribution in [2.45, 2.75) is 19.4 Å². The summed E-state index contributed by atoms with van der Waals surface area (Å²) in [4.78, 5) is 12.7. The molecule has 1 aliphatic heterocycles. The minimum absolute atomic E-state index is 0.286. The third-order valence-electron chi connectivity index (χ3n) is 3.99. The fourth-order valence-corrected chi connectivity index (χ4v) is 3.75. The molecule has 21 heavy (non-hydrogen) atoms. The molecule has 0 bridgehead atoms. The van der Waals surface area contributed by atoms with Gasteiger partial charge in [-0.2, -0.15) is 0 Å². The van der Waals surface area contributed by atoms with Crippen molar-refractivity contribution in [2.24, 2.45) is 5.92 Å². The molecule has 0 saturated carbocycles.